The van der Waals surface area contributed by atoms with Gasteiger partial charge >= 0.3 is 0 Å². The number of benzene rings is 2. The SMILES string of the molecule is COc1ccc(CN(C(C)C2CC2)S(=O)(=O)c2cccc(F)c2)cc1. The Balaban J connectivity index is 1.93. The molecular formula is C19H22FNO3S. The van der Waals surface area contributed by atoms with Crippen molar-refractivity contribution in [3.63, 3.8) is 0 Å². The molecule has 0 bridgehead atoms. The van der Waals surface area contributed by atoms with Crippen LogP contribution in [0.15, 0.2) is 53.4 Å². The topological polar surface area (TPSA) is 46.6 Å². The zero-order valence-corrected chi connectivity index (χ0v) is 15.2. The smallest absolute Gasteiger partial charge is 0.243 e. The van der Waals surface area contributed by atoms with Crippen molar-refractivity contribution in [2.24, 2.45) is 5.92 Å². The third-order valence-electron chi connectivity index (χ3n) is 4.66. The van der Waals surface area contributed by atoms with Gasteiger partial charge in [0, 0.05) is 12.6 Å². The van der Waals surface area contributed by atoms with Crippen LogP contribution >= 0.6 is 0 Å². The van der Waals surface area contributed by atoms with E-state index in [9.17, 15) is 12.8 Å². The maximum absolute atomic E-state index is 13.5. The van der Waals surface area contributed by atoms with Gasteiger partial charge in [-0.1, -0.05) is 18.2 Å². The molecule has 0 aromatic heterocycles. The molecule has 1 fully saturated rings. The summed E-state index contributed by atoms with van der Waals surface area (Å²) in [5.41, 5.74) is 0.869. The molecule has 0 heterocycles. The van der Waals surface area contributed by atoms with Gasteiger partial charge in [0.05, 0.1) is 12.0 Å². The molecule has 3 rings (SSSR count). The number of methoxy groups -OCH3 is 1. The van der Waals surface area contributed by atoms with Crippen LogP contribution in [0, 0.1) is 11.7 Å². The average molecular weight is 363 g/mol. The molecule has 1 atom stereocenters. The molecule has 25 heavy (non-hydrogen) atoms. The molecule has 2 aromatic rings. The molecule has 4 nitrogen and oxygen atoms in total. The zero-order chi connectivity index (χ0) is 18.0. The van der Waals surface area contributed by atoms with E-state index in [0.717, 1.165) is 30.2 Å². The highest BCUT2D eigenvalue weighted by molar-refractivity contribution is 7.89. The number of halogens is 1. The first kappa shape index (κ1) is 17.9. The lowest BCUT2D eigenvalue weighted by Gasteiger charge is -2.28. The van der Waals surface area contributed by atoms with Crippen molar-refractivity contribution >= 4 is 10.0 Å². The summed E-state index contributed by atoms with van der Waals surface area (Å²) < 4.78 is 46.4. The Morgan fingerprint density at radius 3 is 2.44 bits per heavy atom. The molecule has 0 radical (unpaired) electrons. The van der Waals surface area contributed by atoms with Crippen LogP contribution in [0.4, 0.5) is 4.39 Å². The number of sulfonamides is 1. The lowest BCUT2D eigenvalue weighted by atomic mass is 10.1. The van der Waals surface area contributed by atoms with Crippen LogP contribution in [0.5, 0.6) is 5.75 Å². The Hall–Kier alpha value is -1.92. The molecule has 0 saturated heterocycles. The lowest BCUT2D eigenvalue weighted by molar-refractivity contribution is 0.303. The van der Waals surface area contributed by atoms with Gasteiger partial charge in [-0.15, -0.1) is 0 Å². The second-order valence-corrected chi connectivity index (χ2v) is 8.32. The average Bonchev–Trinajstić information content (AvgIpc) is 3.44. The van der Waals surface area contributed by atoms with Gasteiger partial charge in [-0.05, 0) is 61.6 Å². The highest BCUT2D eigenvalue weighted by atomic mass is 32.2. The van der Waals surface area contributed by atoms with Crippen LogP contribution in [-0.4, -0.2) is 25.9 Å². The number of nitrogens with zero attached hydrogens (tertiary/aromatic N) is 1. The summed E-state index contributed by atoms with van der Waals surface area (Å²) in [6.07, 6.45) is 2.05. The molecule has 1 saturated carbocycles. The van der Waals surface area contributed by atoms with E-state index in [2.05, 4.69) is 0 Å². The minimum absolute atomic E-state index is 0.00601. The van der Waals surface area contributed by atoms with Crippen molar-refractivity contribution in [2.45, 2.75) is 37.2 Å². The van der Waals surface area contributed by atoms with Crippen molar-refractivity contribution in [2.75, 3.05) is 7.11 Å². The number of ether oxygens (including phenoxy) is 1. The third-order valence-corrected chi connectivity index (χ3v) is 6.59. The third kappa shape index (κ3) is 4.02. The predicted molar refractivity (Wildman–Crippen MR) is 94.3 cm³/mol. The summed E-state index contributed by atoms with van der Waals surface area (Å²) in [6.45, 7) is 2.18. The molecule has 2 aromatic carbocycles. The number of hydrogen-bond acceptors (Lipinski definition) is 3. The van der Waals surface area contributed by atoms with Gasteiger partial charge in [0.2, 0.25) is 10.0 Å². The van der Waals surface area contributed by atoms with Gasteiger partial charge in [0.1, 0.15) is 11.6 Å². The molecule has 1 aliphatic rings. The van der Waals surface area contributed by atoms with E-state index in [0.29, 0.717) is 5.92 Å². The number of rotatable bonds is 7. The van der Waals surface area contributed by atoms with Gasteiger partial charge < -0.3 is 4.74 Å². The second kappa shape index (κ2) is 7.14. The van der Waals surface area contributed by atoms with E-state index in [-0.39, 0.29) is 17.5 Å². The summed E-state index contributed by atoms with van der Waals surface area (Å²) in [5, 5.41) is 0. The Labute approximate surface area is 148 Å². The maximum atomic E-state index is 13.5. The minimum Gasteiger partial charge on any atom is -0.497 e. The largest absolute Gasteiger partial charge is 0.497 e. The fourth-order valence-corrected chi connectivity index (χ4v) is 4.65. The fraction of sp³-hybridized carbons (Fsp3) is 0.368. The quantitative estimate of drug-likeness (QED) is 0.751. The van der Waals surface area contributed by atoms with E-state index in [1.807, 2.05) is 31.2 Å². The van der Waals surface area contributed by atoms with Crippen LogP contribution in [0.3, 0.4) is 0 Å². The van der Waals surface area contributed by atoms with Gasteiger partial charge in [-0.25, -0.2) is 12.8 Å². The molecule has 0 N–H and O–H groups in total. The van der Waals surface area contributed by atoms with Crippen molar-refractivity contribution < 1.29 is 17.5 Å². The molecular weight excluding hydrogens is 341 g/mol. The van der Waals surface area contributed by atoms with Crippen LogP contribution in [-0.2, 0) is 16.6 Å². The van der Waals surface area contributed by atoms with Crippen molar-refractivity contribution in [1.82, 2.24) is 4.31 Å². The highest BCUT2D eigenvalue weighted by Gasteiger charge is 2.38. The molecule has 134 valence electrons. The van der Waals surface area contributed by atoms with E-state index in [1.54, 1.807) is 7.11 Å². The van der Waals surface area contributed by atoms with Gasteiger partial charge in [-0.2, -0.15) is 4.31 Å². The minimum atomic E-state index is -3.78. The van der Waals surface area contributed by atoms with Gasteiger partial charge in [-0.3, -0.25) is 0 Å². The van der Waals surface area contributed by atoms with E-state index in [4.69, 9.17) is 4.74 Å². The summed E-state index contributed by atoms with van der Waals surface area (Å²) >= 11 is 0. The maximum Gasteiger partial charge on any atom is 0.243 e. The highest BCUT2D eigenvalue weighted by Crippen LogP contribution is 2.38. The molecule has 0 spiro atoms. The molecule has 6 heteroatoms. The van der Waals surface area contributed by atoms with E-state index in [1.165, 1.54) is 22.5 Å². The molecule has 1 aliphatic carbocycles. The monoisotopic (exact) mass is 363 g/mol. The first-order valence-electron chi connectivity index (χ1n) is 8.32. The summed E-state index contributed by atoms with van der Waals surface area (Å²) in [7, 11) is -2.19. The first-order chi connectivity index (χ1) is 11.9. The first-order valence-corrected chi connectivity index (χ1v) is 9.76. The fourth-order valence-electron chi connectivity index (χ4n) is 2.94. The van der Waals surface area contributed by atoms with Crippen molar-refractivity contribution in [3.05, 3.63) is 59.9 Å². The predicted octanol–water partition coefficient (Wildman–Crippen LogP) is 3.82. The Bertz CT molecular complexity index is 832. The Morgan fingerprint density at radius 2 is 1.88 bits per heavy atom. The van der Waals surface area contributed by atoms with Crippen LogP contribution < -0.4 is 4.74 Å². The summed E-state index contributed by atoms with van der Waals surface area (Å²) in [5.74, 6) is 0.532. The van der Waals surface area contributed by atoms with Crippen LogP contribution in [0.2, 0.25) is 0 Å². The van der Waals surface area contributed by atoms with Crippen molar-refractivity contribution in [1.29, 1.82) is 0 Å². The molecule has 0 amide bonds. The standard InChI is InChI=1S/C19H22FNO3S/c1-14(16-8-9-16)21(13-15-6-10-18(24-2)11-7-15)25(22,23)19-5-3-4-17(20)12-19/h3-7,10-12,14,16H,8-9,13H2,1-2H3. The zero-order valence-electron chi connectivity index (χ0n) is 14.4. The van der Waals surface area contributed by atoms with Crippen molar-refractivity contribution in [3.8, 4) is 5.75 Å². The number of hydrogen-bond donors (Lipinski definition) is 0. The normalized spacial score (nSPS) is 16.0. The van der Waals surface area contributed by atoms with E-state index < -0.39 is 15.8 Å². The summed E-state index contributed by atoms with van der Waals surface area (Å²) in [4.78, 5) is -0.00601. The lowest BCUT2D eigenvalue weighted by Crippen LogP contribution is -2.39. The van der Waals surface area contributed by atoms with E-state index >= 15 is 0 Å². The second-order valence-electron chi connectivity index (χ2n) is 6.43. The molecule has 0 aliphatic heterocycles. The Kier molecular flexibility index (Phi) is 5.11. The van der Waals surface area contributed by atoms with Crippen LogP contribution in [0.1, 0.15) is 25.3 Å². The molecule has 1 unspecified atom stereocenters. The Morgan fingerprint density at radius 1 is 1.20 bits per heavy atom. The van der Waals surface area contributed by atoms with Crippen LogP contribution in [0.25, 0.3) is 0 Å². The van der Waals surface area contributed by atoms with Gasteiger partial charge in [0.15, 0.2) is 0 Å². The van der Waals surface area contributed by atoms with Gasteiger partial charge in [0.25, 0.3) is 0 Å². The summed E-state index contributed by atoms with van der Waals surface area (Å²) in [6, 6.07) is 12.4.